The number of primary amides is 1. The van der Waals surface area contributed by atoms with Gasteiger partial charge in [-0.05, 0) is 50.5 Å². The first kappa shape index (κ1) is 12.6. The van der Waals surface area contributed by atoms with Crippen LogP contribution in [0.3, 0.4) is 0 Å². The van der Waals surface area contributed by atoms with Crippen LogP contribution in [0.2, 0.25) is 0 Å². The molecule has 2 amide bonds. The van der Waals surface area contributed by atoms with E-state index in [0.717, 1.165) is 19.3 Å². The number of rotatable bonds is 2. The Bertz CT molecular complexity index is 467. The zero-order valence-corrected chi connectivity index (χ0v) is 10.4. The third kappa shape index (κ3) is 2.70. The van der Waals surface area contributed by atoms with Gasteiger partial charge in [-0.2, -0.15) is 0 Å². The predicted molar refractivity (Wildman–Crippen MR) is 69.9 cm³/mol. The van der Waals surface area contributed by atoms with Crippen molar-refractivity contribution in [2.45, 2.75) is 32.2 Å². The van der Waals surface area contributed by atoms with Crippen molar-refractivity contribution in [2.75, 3.05) is 4.90 Å². The van der Waals surface area contributed by atoms with Crippen molar-refractivity contribution in [1.82, 2.24) is 0 Å². The summed E-state index contributed by atoms with van der Waals surface area (Å²) in [6.45, 7) is 2.09. The molecule has 0 fully saturated rings. The van der Waals surface area contributed by atoms with Crippen LogP contribution < -0.4 is 10.6 Å². The van der Waals surface area contributed by atoms with Crippen molar-refractivity contribution in [3.63, 3.8) is 0 Å². The molecule has 3 nitrogen and oxygen atoms in total. The molecule has 0 heterocycles. The maximum absolute atomic E-state index is 12.9. The van der Waals surface area contributed by atoms with E-state index in [4.69, 9.17) is 5.73 Å². The fraction of sp³-hybridized carbons (Fsp3) is 0.357. The molecular formula is C14H17FN2O. The van der Waals surface area contributed by atoms with E-state index in [0.29, 0.717) is 5.69 Å². The van der Waals surface area contributed by atoms with Gasteiger partial charge in [-0.1, -0.05) is 11.6 Å². The summed E-state index contributed by atoms with van der Waals surface area (Å²) in [6, 6.07) is 5.44. The number of hydrogen-bond acceptors (Lipinski definition) is 1. The van der Waals surface area contributed by atoms with Gasteiger partial charge >= 0.3 is 6.03 Å². The molecule has 0 bridgehead atoms. The minimum absolute atomic E-state index is 0.0664. The highest BCUT2D eigenvalue weighted by atomic mass is 19.1. The fourth-order valence-corrected chi connectivity index (χ4v) is 2.31. The lowest BCUT2D eigenvalue weighted by Crippen LogP contribution is -2.44. The Morgan fingerprint density at radius 2 is 2.06 bits per heavy atom. The summed E-state index contributed by atoms with van der Waals surface area (Å²) >= 11 is 0. The number of halogens is 1. The van der Waals surface area contributed by atoms with Crippen molar-refractivity contribution in [1.29, 1.82) is 0 Å². The molecule has 1 atom stereocenters. The van der Waals surface area contributed by atoms with E-state index in [9.17, 15) is 9.18 Å². The first-order valence-electron chi connectivity index (χ1n) is 6.08. The molecule has 4 heteroatoms. The minimum atomic E-state index is -0.487. The number of carbonyl (C=O) groups excluding carboxylic acids is 1. The number of carbonyl (C=O) groups is 1. The second-order valence-electron chi connectivity index (χ2n) is 4.66. The van der Waals surface area contributed by atoms with Crippen LogP contribution in [0.5, 0.6) is 0 Å². The van der Waals surface area contributed by atoms with E-state index < -0.39 is 6.03 Å². The monoisotopic (exact) mass is 248 g/mol. The summed E-state index contributed by atoms with van der Waals surface area (Å²) in [4.78, 5) is 13.2. The van der Waals surface area contributed by atoms with E-state index in [1.807, 2.05) is 0 Å². The van der Waals surface area contributed by atoms with Crippen LogP contribution in [-0.2, 0) is 0 Å². The van der Waals surface area contributed by atoms with Gasteiger partial charge in [-0.25, -0.2) is 9.18 Å². The highest BCUT2D eigenvalue weighted by Crippen LogP contribution is 2.26. The van der Waals surface area contributed by atoms with Gasteiger partial charge in [-0.15, -0.1) is 0 Å². The first-order chi connectivity index (χ1) is 8.58. The van der Waals surface area contributed by atoms with Crippen LogP contribution in [0.4, 0.5) is 14.9 Å². The average molecular weight is 248 g/mol. The van der Waals surface area contributed by atoms with Gasteiger partial charge in [0.2, 0.25) is 0 Å². The smallest absolute Gasteiger partial charge is 0.319 e. The van der Waals surface area contributed by atoms with E-state index in [1.54, 1.807) is 17.0 Å². The Kier molecular flexibility index (Phi) is 3.65. The lowest BCUT2D eigenvalue weighted by Gasteiger charge is -2.32. The minimum Gasteiger partial charge on any atom is -0.351 e. The maximum atomic E-state index is 12.9. The Balaban J connectivity index is 2.24. The predicted octanol–water partition coefficient (Wildman–Crippen LogP) is 3.21. The number of amides is 2. The fourth-order valence-electron chi connectivity index (χ4n) is 2.31. The van der Waals surface area contributed by atoms with Gasteiger partial charge in [-0.3, -0.25) is 4.90 Å². The third-order valence-electron chi connectivity index (χ3n) is 3.32. The normalized spacial score (nSPS) is 19.2. The van der Waals surface area contributed by atoms with Gasteiger partial charge in [0.15, 0.2) is 0 Å². The molecule has 0 saturated heterocycles. The van der Waals surface area contributed by atoms with Crippen molar-refractivity contribution in [3.05, 3.63) is 41.7 Å². The lowest BCUT2D eigenvalue weighted by atomic mass is 9.95. The van der Waals surface area contributed by atoms with Crippen molar-refractivity contribution >= 4 is 11.7 Å². The molecule has 1 aliphatic rings. The first-order valence-corrected chi connectivity index (χ1v) is 6.08. The molecule has 2 N–H and O–H groups in total. The van der Waals surface area contributed by atoms with Gasteiger partial charge in [0.25, 0.3) is 0 Å². The number of nitrogens with zero attached hydrogens (tertiary/aromatic N) is 1. The number of benzene rings is 1. The largest absolute Gasteiger partial charge is 0.351 e. The Morgan fingerprint density at radius 1 is 1.39 bits per heavy atom. The zero-order chi connectivity index (χ0) is 13.1. The van der Waals surface area contributed by atoms with Crippen LogP contribution >= 0.6 is 0 Å². The molecular weight excluding hydrogens is 231 g/mol. The van der Waals surface area contributed by atoms with Gasteiger partial charge in [0, 0.05) is 11.7 Å². The summed E-state index contributed by atoms with van der Waals surface area (Å²) in [7, 11) is 0. The Hall–Kier alpha value is -1.84. The number of urea groups is 1. The van der Waals surface area contributed by atoms with Gasteiger partial charge in [0.05, 0.1) is 0 Å². The zero-order valence-electron chi connectivity index (χ0n) is 10.4. The number of anilines is 1. The highest BCUT2D eigenvalue weighted by molar-refractivity contribution is 5.91. The molecule has 1 aliphatic carbocycles. The van der Waals surface area contributed by atoms with Crippen molar-refractivity contribution < 1.29 is 9.18 Å². The topological polar surface area (TPSA) is 46.3 Å². The molecule has 0 aromatic heterocycles. The standard InChI is InChI=1S/C14H17FN2O/c1-10-2-6-12(7-3-10)17(14(16)18)13-8-4-11(15)5-9-13/h2,4-5,8-9,12H,3,6-7H2,1H3,(H2,16,18). The SMILES string of the molecule is CC1=CCC(N(C(N)=O)c2ccc(F)cc2)CC1. The van der Waals surface area contributed by atoms with Crippen LogP contribution in [0.15, 0.2) is 35.9 Å². The molecule has 18 heavy (non-hydrogen) atoms. The van der Waals surface area contributed by atoms with Crippen LogP contribution in [0.1, 0.15) is 26.2 Å². The lowest BCUT2D eigenvalue weighted by molar-refractivity contribution is 0.251. The second-order valence-corrected chi connectivity index (χ2v) is 4.66. The summed E-state index contributed by atoms with van der Waals surface area (Å²) in [6.07, 6.45) is 4.79. The van der Waals surface area contributed by atoms with Crippen LogP contribution in [0.25, 0.3) is 0 Å². The summed E-state index contributed by atoms with van der Waals surface area (Å²) < 4.78 is 12.9. The van der Waals surface area contributed by atoms with Crippen molar-refractivity contribution in [2.24, 2.45) is 5.73 Å². The number of hydrogen-bond donors (Lipinski definition) is 1. The third-order valence-corrected chi connectivity index (χ3v) is 3.32. The maximum Gasteiger partial charge on any atom is 0.319 e. The summed E-state index contributed by atoms with van der Waals surface area (Å²) in [5.74, 6) is -0.317. The molecule has 2 rings (SSSR count). The van der Waals surface area contributed by atoms with Crippen LogP contribution in [-0.4, -0.2) is 12.1 Å². The molecule has 1 aromatic rings. The number of allylic oxidation sites excluding steroid dienone is 1. The molecule has 0 spiro atoms. The van der Waals surface area contributed by atoms with Crippen LogP contribution in [0, 0.1) is 5.82 Å². The van der Waals surface area contributed by atoms with Gasteiger partial charge < -0.3 is 5.73 Å². The van der Waals surface area contributed by atoms with E-state index in [-0.39, 0.29) is 11.9 Å². The molecule has 96 valence electrons. The molecule has 0 aliphatic heterocycles. The quantitative estimate of drug-likeness (QED) is 0.802. The molecule has 1 aromatic carbocycles. The molecule has 0 radical (unpaired) electrons. The van der Waals surface area contributed by atoms with E-state index in [1.165, 1.54) is 17.7 Å². The second kappa shape index (κ2) is 5.21. The Morgan fingerprint density at radius 3 is 2.56 bits per heavy atom. The van der Waals surface area contributed by atoms with E-state index >= 15 is 0 Å². The number of nitrogens with two attached hydrogens (primary N) is 1. The van der Waals surface area contributed by atoms with E-state index in [2.05, 4.69) is 13.0 Å². The molecule has 0 saturated carbocycles. The summed E-state index contributed by atoms with van der Waals surface area (Å²) in [5.41, 5.74) is 7.44. The Labute approximate surface area is 106 Å². The van der Waals surface area contributed by atoms with Gasteiger partial charge in [0.1, 0.15) is 5.82 Å². The van der Waals surface area contributed by atoms with Crippen molar-refractivity contribution in [3.8, 4) is 0 Å². The molecule has 1 unspecified atom stereocenters. The summed E-state index contributed by atoms with van der Waals surface area (Å²) in [5, 5.41) is 0. The average Bonchev–Trinajstić information content (AvgIpc) is 2.34. The highest BCUT2D eigenvalue weighted by Gasteiger charge is 2.24.